The highest BCUT2D eigenvalue weighted by molar-refractivity contribution is 6.02. The summed E-state index contributed by atoms with van der Waals surface area (Å²) in [5, 5.41) is 5.46. The third-order valence-corrected chi connectivity index (χ3v) is 3.71. The number of carbonyl (C=O) groups is 2. The first-order chi connectivity index (χ1) is 13.0. The van der Waals surface area contributed by atoms with Crippen LogP contribution in [-0.4, -0.2) is 18.4 Å². The van der Waals surface area contributed by atoms with E-state index >= 15 is 0 Å². The molecule has 0 bridgehead atoms. The summed E-state index contributed by atoms with van der Waals surface area (Å²) in [6.45, 7) is 3.84. The highest BCUT2D eigenvalue weighted by atomic mass is 16.5. The molecule has 0 fully saturated rings. The van der Waals surface area contributed by atoms with Crippen LogP contribution in [0.15, 0.2) is 65.3 Å². The molecule has 2 aromatic carbocycles. The molecule has 138 valence electrons. The van der Waals surface area contributed by atoms with Crippen LogP contribution < -0.4 is 15.4 Å². The van der Waals surface area contributed by atoms with E-state index in [9.17, 15) is 9.59 Å². The van der Waals surface area contributed by atoms with Crippen LogP contribution in [-0.2, 0) is 4.79 Å². The monoisotopic (exact) mass is 364 g/mol. The number of aryl methyl sites for hydroxylation is 2. The van der Waals surface area contributed by atoms with Gasteiger partial charge in [0.15, 0.2) is 12.4 Å². The molecule has 0 radical (unpaired) electrons. The first-order valence-electron chi connectivity index (χ1n) is 8.45. The second-order valence-corrected chi connectivity index (χ2v) is 6.17. The highest BCUT2D eigenvalue weighted by Gasteiger charge is 2.10. The van der Waals surface area contributed by atoms with Gasteiger partial charge in [0.05, 0.1) is 6.26 Å². The van der Waals surface area contributed by atoms with Crippen LogP contribution in [0.5, 0.6) is 5.75 Å². The Labute approximate surface area is 157 Å². The lowest BCUT2D eigenvalue weighted by Gasteiger charge is -2.10. The Hall–Kier alpha value is -3.54. The number of amides is 2. The van der Waals surface area contributed by atoms with Gasteiger partial charge in [0.2, 0.25) is 0 Å². The molecule has 0 atom stereocenters. The number of hydrogen-bond donors (Lipinski definition) is 2. The number of carbonyl (C=O) groups excluding carboxylic acids is 2. The van der Waals surface area contributed by atoms with Crippen molar-refractivity contribution in [3.8, 4) is 5.75 Å². The number of hydrogen-bond acceptors (Lipinski definition) is 4. The molecule has 2 N–H and O–H groups in total. The Morgan fingerprint density at radius 1 is 0.926 bits per heavy atom. The van der Waals surface area contributed by atoms with E-state index in [2.05, 4.69) is 10.6 Å². The maximum Gasteiger partial charge on any atom is 0.291 e. The molecule has 6 heteroatoms. The molecule has 0 spiro atoms. The summed E-state index contributed by atoms with van der Waals surface area (Å²) in [5.41, 5.74) is 3.25. The molecule has 1 heterocycles. The standard InChI is InChI=1S/C21H20N2O4/c1-14-9-15(2)11-18(10-14)27-13-20(24)22-16-5-3-6-17(12-16)23-21(25)19-7-4-8-26-19/h3-12H,13H2,1-2H3,(H,22,24)(H,23,25). The molecule has 6 nitrogen and oxygen atoms in total. The summed E-state index contributed by atoms with van der Waals surface area (Å²) < 4.78 is 10.6. The van der Waals surface area contributed by atoms with Crippen molar-refractivity contribution >= 4 is 23.2 Å². The van der Waals surface area contributed by atoms with Gasteiger partial charge < -0.3 is 19.8 Å². The van der Waals surface area contributed by atoms with Crippen LogP contribution in [0.4, 0.5) is 11.4 Å². The third-order valence-electron chi connectivity index (χ3n) is 3.71. The first kappa shape index (κ1) is 18.3. The van der Waals surface area contributed by atoms with Gasteiger partial charge in [-0.2, -0.15) is 0 Å². The molecule has 0 aliphatic heterocycles. The normalized spacial score (nSPS) is 10.3. The average molecular weight is 364 g/mol. The van der Waals surface area contributed by atoms with Crippen LogP contribution in [0.1, 0.15) is 21.7 Å². The summed E-state index contributed by atoms with van der Waals surface area (Å²) in [6, 6.07) is 15.9. The Morgan fingerprint density at radius 2 is 1.63 bits per heavy atom. The van der Waals surface area contributed by atoms with E-state index in [0.29, 0.717) is 17.1 Å². The van der Waals surface area contributed by atoms with Crippen LogP contribution in [0, 0.1) is 13.8 Å². The summed E-state index contributed by atoms with van der Waals surface area (Å²) in [4.78, 5) is 24.1. The van der Waals surface area contributed by atoms with Gasteiger partial charge in [-0.1, -0.05) is 12.1 Å². The lowest BCUT2D eigenvalue weighted by atomic mass is 10.1. The van der Waals surface area contributed by atoms with Gasteiger partial charge in [-0.15, -0.1) is 0 Å². The minimum absolute atomic E-state index is 0.105. The van der Waals surface area contributed by atoms with E-state index in [-0.39, 0.29) is 24.2 Å². The second kappa shape index (κ2) is 8.23. The number of anilines is 2. The van der Waals surface area contributed by atoms with E-state index in [1.54, 1.807) is 36.4 Å². The van der Waals surface area contributed by atoms with Gasteiger partial charge in [-0.3, -0.25) is 9.59 Å². The van der Waals surface area contributed by atoms with Gasteiger partial charge >= 0.3 is 0 Å². The van der Waals surface area contributed by atoms with Crippen molar-refractivity contribution in [2.24, 2.45) is 0 Å². The molecular weight excluding hydrogens is 344 g/mol. The van der Waals surface area contributed by atoms with Crippen LogP contribution in [0.2, 0.25) is 0 Å². The molecule has 3 rings (SSSR count). The molecule has 0 saturated heterocycles. The van der Waals surface area contributed by atoms with Crippen LogP contribution in [0.3, 0.4) is 0 Å². The number of rotatable bonds is 6. The average Bonchev–Trinajstić information content (AvgIpc) is 3.14. The summed E-state index contributed by atoms with van der Waals surface area (Å²) in [7, 11) is 0. The number of furan rings is 1. The Morgan fingerprint density at radius 3 is 2.30 bits per heavy atom. The van der Waals surface area contributed by atoms with Gasteiger partial charge in [0.1, 0.15) is 5.75 Å². The Kier molecular flexibility index (Phi) is 5.56. The summed E-state index contributed by atoms with van der Waals surface area (Å²) in [6.07, 6.45) is 1.43. The van der Waals surface area contributed by atoms with Crippen LogP contribution in [0.25, 0.3) is 0 Å². The predicted octanol–water partition coefficient (Wildman–Crippen LogP) is 4.17. The predicted molar refractivity (Wildman–Crippen MR) is 103 cm³/mol. The molecule has 27 heavy (non-hydrogen) atoms. The zero-order valence-electron chi connectivity index (χ0n) is 15.1. The maximum atomic E-state index is 12.1. The smallest absolute Gasteiger partial charge is 0.291 e. The molecule has 0 aliphatic rings. The quantitative estimate of drug-likeness (QED) is 0.688. The Balaban J connectivity index is 1.57. The number of ether oxygens (including phenoxy) is 1. The van der Waals surface area contributed by atoms with E-state index in [1.165, 1.54) is 6.26 Å². The summed E-state index contributed by atoms with van der Waals surface area (Å²) in [5.74, 6) is 0.221. The van der Waals surface area contributed by atoms with E-state index in [1.807, 2.05) is 32.0 Å². The van der Waals surface area contributed by atoms with Crippen LogP contribution >= 0.6 is 0 Å². The lowest BCUT2D eigenvalue weighted by Crippen LogP contribution is -2.20. The zero-order chi connectivity index (χ0) is 19.2. The number of benzene rings is 2. The Bertz CT molecular complexity index is 928. The van der Waals surface area contributed by atoms with Crippen molar-refractivity contribution in [3.05, 3.63) is 77.7 Å². The van der Waals surface area contributed by atoms with Crippen molar-refractivity contribution in [1.29, 1.82) is 0 Å². The first-order valence-corrected chi connectivity index (χ1v) is 8.45. The summed E-state index contributed by atoms with van der Waals surface area (Å²) >= 11 is 0. The van der Waals surface area contributed by atoms with E-state index in [4.69, 9.17) is 9.15 Å². The van der Waals surface area contributed by atoms with Gasteiger partial charge in [0, 0.05) is 11.4 Å². The molecule has 0 unspecified atom stereocenters. The van der Waals surface area contributed by atoms with Crippen molar-refractivity contribution in [2.75, 3.05) is 17.2 Å². The molecule has 3 aromatic rings. The van der Waals surface area contributed by atoms with E-state index in [0.717, 1.165) is 11.1 Å². The minimum Gasteiger partial charge on any atom is -0.484 e. The number of nitrogens with one attached hydrogen (secondary N) is 2. The lowest BCUT2D eigenvalue weighted by molar-refractivity contribution is -0.118. The zero-order valence-corrected chi connectivity index (χ0v) is 15.1. The van der Waals surface area contributed by atoms with Crippen molar-refractivity contribution in [3.63, 3.8) is 0 Å². The van der Waals surface area contributed by atoms with Gasteiger partial charge in [0.25, 0.3) is 11.8 Å². The fourth-order valence-corrected chi connectivity index (χ4v) is 2.64. The minimum atomic E-state index is -0.360. The third kappa shape index (κ3) is 5.22. The van der Waals surface area contributed by atoms with Crippen molar-refractivity contribution in [1.82, 2.24) is 0 Å². The fourth-order valence-electron chi connectivity index (χ4n) is 2.64. The molecule has 0 saturated carbocycles. The fraction of sp³-hybridized carbons (Fsp3) is 0.143. The van der Waals surface area contributed by atoms with Gasteiger partial charge in [-0.05, 0) is 67.4 Å². The molecule has 0 aliphatic carbocycles. The largest absolute Gasteiger partial charge is 0.484 e. The van der Waals surface area contributed by atoms with Crippen molar-refractivity contribution < 1.29 is 18.7 Å². The molecule has 2 amide bonds. The van der Waals surface area contributed by atoms with Gasteiger partial charge in [-0.25, -0.2) is 0 Å². The van der Waals surface area contributed by atoms with Crippen molar-refractivity contribution in [2.45, 2.75) is 13.8 Å². The highest BCUT2D eigenvalue weighted by Crippen LogP contribution is 2.18. The SMILES string of the molecule is Cc1cc(C)cc(OCC(=O)Nc2cccc(NC(=O)c3ccco3)c2)c1. The second-order valence-electron chi connectivity index (χ2n) is 6.17. The topological polar surface area (TPSA) is 80.6 Å². The van der Waals surface area contributed by atoms with E-state index < -0.39 is 0 Å². The maximum absolute atomic E-state index is 12.1. The molecular formula is C21H20N2O4. The molecule has 1 aromatic heterocycles.